The van der Waals surface area contributed by atoms with Crippen LogP contribution in [0.15, 0.2) is 54.7 Å². The van der Waals surface area contributed by atoms with Gasteiger partial charge in [0.25, 0.3) is 5.91 Å². The van der Waals surface area contributed by atoms with Crippen molar-refractivity contribution in [3.05, 3.63) is 60.3 Å². The van der Waals surface area contributed by atoms with Gasteiger partial charge in [-0.3, -0.25) is 4.79 Å². The number of carbonyl (C=O) groups excluding carboxylic acids is 1. The molecule has 2 N–H and O–H groups in total. The van der Waals surface area contributed by atoms with E-state index in [1.165, 1.54) is 0 Å². The molecule has 1 unspecified atom stereocenters. The summed E-state index contributed by atoms with van der Waals surface area (Å²) in [4.78, 5) is 13.1. The first-order valence-electron chi connectivity index (χ1n) is 9.58. The van der Waals surface area contributed by atoms with Gasteiger partial charge in [0.1, 0.15) is 17.2 Å². The molecule has 1 aliphatic heterocycles. The fourth-order valence-electron chi connectivity index (χ4n) is 3.49. The molecule has 1 saturated heterocycles. The van der Waals surface area contributed by atoms with E-state index in [1.54, 1.807) is 25.1 Å². The molecule has 2 aromatic carbocycles. The summed E-state index contributed by atoms with van der Waals surface area (Å²) in [5, 5.41) is 11.1. The number of nitrogens with zero attached hydrogens (tertiary/aromatic N) is 2. The van der Waals surface area contributed by atoms with Crippen molar-refractivity contribution < 1.29 is 14.3 Å². The maximum absolute atomic E-state index is 13.1. The van der Waals surface area contributed by atoms with Gasteiger partial charge in [-0.15, -0.1) is 0 Å². The summed E-state index contributed by atoms with van der Waals surface area (Å²) < 4.78 is 12.6. The summed E-state index contributed by atoms with van der Waals surface area (Å²) in [5.41, 5.74) is 2.62. The first-order valence-corrected chi connectivity index (χ1v) is 9.58. The minimum Gasteiger partial charge on any atom is -0.497 e. The van der Waals surface area contributed by atoms with Gasteiger partial charge in [-0.2, -0.15) is 5.10 Å². The molecule has 0 radical (unpaired) electrons. The first kappa shape index (κ1) is 19.0. The zero-order chi connectivity index (χ0) is 20.2. The summed E-state index contributed by atoms with van der Waals surface area (Å²) in [5.74, 6) is 1.14. The molecule has 2 heterocycles. The minimum absolute atomic E-state index is 0.114. The predicted molar refractivity (Wildman–Crippen MR) is 111 cm³/mol. The molecule has 0 bridgehead atoms. The molecule has 4 rings (SSSR count). The second kappa shape index (κ2) is 8.36. The van der Waals surface area contributed by atoms with Gasteiger partial charge in [0.15, 0.2) is 0 Å². The van der Waals surface area contributed by atoms with Gasteiger partial charge in [0.05, 0.1) is 25.5 Å². The van der Waals surface area contributed by atoms with Crippen LogP contribution >= 0.6 is 0 Å². The highest BCUT2D eigenvalue weighted by Gasteiger charge is 2.24. The molecule has 1 amide bonds. The molecule has 29 heavy (non-hydrogen) atoms. The fraction of sp³-hybridized carbons (Fsp3) is 0.273. The van der Waals surface area contributed by atoms with Gasteiger partial charge in [-0.1, -0.05) is 18.2 Å². The topological polar surface area (TPSA) is 77.4 Å². The number of hydrogen-bond donors (Lipinski definition) is 2. The second-order valence-corrected chi connectivity index (χ2v) is 6.90. The lowest BCUT2D eigenvalue weighted by Crippen LogP contribution is -2.36. The van der Waals surface area contributed by atoms with E-state index in [4.69, 9.17) is 14.6 Å². The Morgan fingerprint density at radius 2 is 2.00 bits per heavy atom. The van der Waals surface area contributed by atoms with Crippen LogP contribution in [0.5, 0.6) is 11.5 Å². The molecule has 1 aliphatic rings. The zero-order valence-electron chi connectivity index (χ0n) is 16.5. The number of ether oxygens (including phenoxy) is 2. The van der Waals surface area contributed by atoms with Crippen molar-refractivity contribution in [1.82, 2.24) is 20.4 Å². The lowest BCUT2D eigenvalue weighted by atomic mass is 10.1. The summed E-state index contributed by atoms with van der Waals surface area (Å²) in [6.45, 7) is 1.68. The van der Waals surface area contributed by atoms with Crippen molar-refractivity contribution in [3.8, 4) is 28.4 Å². The van der Waals surface area contributed by atoms with Crippen LogP contribution in [0, 0.1) is 0 Å². The molecule has 1 aromatic heterocycles. The van der Waals surface area contributed by atoms with Gasteiger partial charge >= 0.3 is 0 Å². The normalized spacial score (nSPS) is 15.9. The van der Waals surface area contributed by atoms with Crippen molar-refractivity contribution in [3.63, 3.8) is 0 Å². The van der Waals surface area contributed by atoms with Crippen molar-refractivity contribution >= 4 is 5.91 Å². The van der Waals surface area contributed by atoms with E-state index in [0.717, 1.165) is 25.2 Å². The molecule has 150 valence electrons. The number of para-hydroxylation sites is 1. The Hall–Kier alpha value is -3.32. The van der Waals surface area contributed by atoms with Crippen molar-refractivity contribution in [2.24, 2.45) is 0 Å². The quantitative estimate of drug-likeness (QED) is 0.674. The smallest absolute Gasteiger partial charge is 0.255 e. The van der Waals surface area contributed by atoms with Crippen LogP contribution < -0.4 is 20.1 Å². The number of methoxy groups -OCH3 is 2. The molecule has 0 aliphatic carbocycles. The van der Waals surface area contributed by atoms with Crippen molar-refractivity contribution in [1.29, 1.82) is 0 Å². The van der Waals surface area contributed by atoms with Gasteiger partial charge in [-0.25, -0.2) is 4.68 Å². The average Bonchev–Trinajstić information content (AvgIpc) is 3.44. The standard InChI is InChI=1S/C22H24N4O3/c1-28-17-8-9-20(29-2)18(12-17)21-19(22(27)24-15-10-11-23-13-15)14-26(25-21)16-6-4-3-5-7-16/h3-9,12,14-15,23H,10-11,13H2,1-2H3,(H,24,27). The minimum atomic E-state index is -0.152. The molecule has 0 saturated carbocycles. The Morgan fingerprint density at radius 3 is 2.69 bits per heavy atom. The summed E-state index contributed by atoms with van der Waals surface area (Å²) in [7, 11) is 3.21. The first-order chi connectivity index (χ1) is 14.2. The molecular formula is C22H24N4O3. The average molecular weight is 392 g/mol. The molecule has 1 atom stereocenters. The van der Waals surface area contributed by atoms with E-state index in [2.05, 4.69) is 10.6 Å². The molecular weight excluding hydrogens is 368 g/mol. The van der Waals surface area contributed by atoms with Crippen LogP contribution in [0.25, 0.3) is 16.9 Å². The number of amides is 1. The number of benzene rings is 2. The third-order valence-electron chi connectivity index (χ3n) is 5.04. The van der Waals surface area contributed by atoms with Crippen molar-refractivity contribution in [2.75, 3.05) is 27.3 Å². The number of rotatable bonds is 6. The van der Waals surface area contributed by atoms with Crippen LogP contribution in [0.1, 0.15) is 16.8 Å². The van der Waals surface area contributed by atoms with Crippen LogP contribution in [-0.4, -0.2) is 49.0 Å². The largest absolute Gasteiger partial charge is 0.497 e. The van der Waals surface area contributed by atoms with E-state index in [9.17, 15) is 4.79 Å². The highest BCUT2D eigenvalue weighted by molar-refractivity contribution is 6.00. The van der Waals surface area contributed by atoms with E-state index >= 15 is 0 Å². The Bertz CT molecular complexity index is 995. The molecule has 7 heteroatoms. The summed E-state index contributed by atoms with van der Waals surface area (Å²) >= 11 is 0. The highest BCUT2D eigenvalue weighted by Crippen LogP contribution is 2.35. The molecule has 7 nitrogen and oxygen atoms in total. The summed E-state index contributed by atoms with van der Waals surface area (Å²) in [6.07, 6.45) is 2.68. The SMILES string of the molecule is COc1ccc(OC)c(-c2nn(-c3ccccc3)cc2C(=O)NC2CCNC2)c1. The number of nitrogens with one attached hydrogen (secondary N) is 2. The van der Waals surface area contributed by atoms with Crippen molar-refractivity contribution in [2.45, 2.75) is 12.5 Å². The number of hydrogen-bond acceptors (Lipinski definition) is 5. The van der Waals surface area contributed by atoms with Gasteiger partial charge in [0, 0.05) is 24.3 Å². The molecule has 3 aromatic rings. The number of carbonyl (C=O) groups is 1. The lowest BCUT2D eigenvalue weighted by molar-refractivity contribution is 0.0940. The Balaban J connectivity index is 1.81. The van der Waals surface area contributed by atoms with Gasteiger partial charge in [-0.05, 0) is 43.3 Å². The predicted octanol–water partition coefficient (Wildman–Crippen LogP) is 2.65. The highest BCUT2D eigenvalue weighted by atomic mass is 16.5. The van der Waals surface area contributed by atoms with Gasteiger partial charge < -0.3 is 20.1 Å². The molecule has 1 fully saturated rings. The summed E-state index contributed by atoms with van der Waals surface area (Å²) in [6, 6.07) is 15.3. The van der Waals surface area contributed by atoms with E-state index in [0.29, 0.717) is 28.3 Å². The fourth-order valence-corrected chi connectivity index (χ4v) is 3.49. The maximum Gasteiger partial charge on any atom is 0.255 e. The van der Waals surface area contributed by atoms with Crippen LogP contribution in [0.2, 0.25) is 0 Å². The van der Waals surface area contributed by atoms with Crippen LogP contribution in [0.4, 0.5) is 0 Å². The second-order valence-electron chi connectivity index (χ2n) is 6.90. The van der Waals surface area contributed by atoms with E-state index in [-0.39, 0.29) is 11.9 Å². The van der Waals surface area contributed by atoms with E-state index < -0.39 is 0 Å². The number of aromatic nitrogens is 2. The van der Waals surface area contributed by atoms with Gasteiger partial charge in [0.2, 0.25) is 0 Å². The Kier molecular flexibility index (Phi) is 5.48. The lowest BCUT2D eigenvalue weighted by Gasteiger charge is -2.13. The van der Waals surface area contributed by atoms with Crippen LogP contribution in [0.3, 0.4) is 0 Å². The zero-order valence-corrected chi connectivity index (χ0v) is 16.5. The van der Waals surface area contributed by atoms with Crippen LogP contribution in [-0.2, 0) is 0 Å². The molecule has 0 spiro atoms. The maximum atomic E-state index is 13.1. The Morgan fingerprint density at radius 1 is 1.17 bits per heavy atom. The third-order valence-corrected chi connectivity index (χ3v) is 5.04. The Labute approximate surface area is 169 Å². The van der Waals surface area contributed by atoms with E-state index in [1.807, 2.05) is 48.5 Å². The monoisotopic (exact) mass is 392 g/mol. The third kappa shape index (κ3) is 3.95.